The molecule has 0 aliphatic carbocycles. The molecule has 0 saturated carbocycles. The second kappa shape index (κ2) is 7.07. The van der Waals surface area contributed by atoms with Gasteiger partial charge in [-0.25, -0.2) is 14.5 Å². The highest BCUT2D eigenvalue weighted by molar-refractivity contribution is 6.12. The molecule has 7 nitrogen and oxygen atoms in total. The van der Waals surface area contributed by atoms with Crippen molar-refractivity contribution in [3.8, 4) is 0 Å². The van der Waals surface area contributed by atoms with E-state index < -0.39 is 29.9 Å². The number of aryl methyl sites for hydroxylation is 2. The molecule has 2 atom stereocenters. The van der Waals surface area contributed by atoms with Crippen LogP contribution in [-0.2, 0) is 22.4 Å². The largest absolute Gasteiger partial charge is 0.480 e. The molecule has 1 saturated heterocycles. The number of carboxylic acids is 1. The summed E-state index contributed by atoms with van der Waals surface area (Å²) in [5.41, 5.74) is 3.43. The molecule has 144 valence electrons. The van der Waals surface area contributed by atoms with E-state index in [4.69, 9.17) is 0 Å². The predicted molar refractivity (Wildman–Crippen MR) is 102 cm³/mol. The maximum absolute atomic E-state index is 13.1. The van der Waals surface area contributed by atoms with Crippen LogP contribution in [0.3, 0.4) is 0 Å². The van der Waals surface area contributed by atoms with E-state index in [0.717, 1.165) is 40.2 Å². The van der Waals surface area contributed by atoms with E-state index in [0.29, 0.717) is 6.54 Å². The molecular weight excluding hydrogens is 358 g/mol. The number of fused-ring (bicyclic) bond motifs is 1. The molecule has 2 aromatic rings. The molecule has 1 aromatic heterocycles. The number of carbonyl (C=O) groups is 3. The molecule has 4 rings (SSSR count). The number of carboxylic acid groups (broad SMARTS) is 1. The Morgan fingerprint density at radius 1 is 1.25 bits per heavy atom. The Labute approximate surface area is 162 Å². The average Bonchev–Trinajstić information content (AvgIpc) is 2.69. The van der Waals surface area contributed by atoms with E-state index >= 15 is 0 Å². The van der Waals surface area contributed by atoms with Crippen LogP contribution >= 0.6 is 0 Å². The zero-order valence-electron chi connectivity index (χ0n) is 15.5. The van der Waals surface area contributed by atoms with Gasteiger partial charge in [0.1, 0.15) is 0 Å². The third-order valence-corrected chi connectivity index (χ3v) is 5.43. The molecule has 1 aromatic carbocycles. The summed E-state index contributed by atoms with van der Waals surface area (Å²) in [7, 11) is 0. The van der Waals surface area contributed by atoms with Gasteiger partial charge in [0, 0.05) is 24.1 Å². The fourth-order valence-electron chi connectivity index (χ4n) is 4.09. The number of hydrogen-bond donors (Lipinski definition) is 1. The maximum Gasteiger partial charge on any atom is 0.332 e. The molecule has 0 spiro atoms. The normalized spacial score (nSPS) is 21.1. The smallest absolute Gasteiger partial charge is 0.332 e. The van der Waals surface area contributed by atoms with Crippen molar-refractivity contribution in [2.45, 2.75) is 32.2 Å². The van der Waals surface area contributed by atoms with Crippen molar-refractivity contribution in [2.75, 3.05) is 11.4 Å². The minimum absolute atomic E-state index is 0.277. The molecule has 1 N–H and O–H groups in total. The molecular formula is C21H21N3O4. The third kappa shape index (κ3) is 3.02. The van der Waals surface area contributed by atoms with Gasteiger partial charge in [-0.1, -0.05) is 18.2 Å². The molecule has 28 heavy (non-hydrogen) atoms. The quantitative estimate of drug-likeness (QED) is 0.827. The molecule has 1 fully saturated rings. The minimum atomic E-state index is -1.16. The lowest BCUT2D eigenvalue weighted by Gasteiger charge is -2.45. The summed E-state index contributed by atoms with van der Waals surface area (Å²) >= 11 is 0. The summed E-state index contributed by atoms with van der Waals surface area (Å²) in [4.78, 5) is 44.3. The van der Waals surface area contributed by atoms with Crippen LogP contribution in [0.2, 0.25) is 0 Å². The lowest BCUT2D eigenvalue weighted by atomic mass is 9.82. The third-order valence-electron chi connectivity index (χ3n) is 5.43. The molecule has 0 bridgehead atoms. The number of urea groups is 1. The number of amides is 3. The van der Waals surface area contributed by atoms with Crippen LogP contribution < -0.4 is 4.90 Å². The molecule has 3 amide bonds. The van der Waals surface area contributed by atoms with Crippen molar-refractivity contribution in [1.29, 1.82) is 0 Å². The van der Waals surface area contributed by atoms with Crippen molar-refractivity contribution >= 4 is 23.6 Å². The van der Waals surface area contributed by atoms with Crippen molar-refractivity contribution in [3.05, 3.63) is 59.4 Å². The van der Waals surface area contributed by atoms with Gasteiger partial charge in [0.05, 0.1) is 5.92 Å². The van der Waals surface area contributed by atoms with Gasteiger partial charge >= 0.3 is 12.0 Å². The summed E-state index contributed by atoms with van der Waals surface area (Å²) in [5, 5.41) is 9.69. The zero-order valence-corrected chi connectivity index (χ0v) is 15.5. The molecule has 0 radical (unpaired) electrons. The standard InChI is InChI=1S/C21H21N3O4/c1-13-11-14(8-9-22-13)12-16-18(20(26)27)24(19(16)25)21(28)23-10-4-6-15-5-2-3-7-17(15)23/h2-3,5,7-9,11,16,18H,4,6,10,12H2,1H3,(H,26,27)/t16-,18+/m1/s1. The number of aromatic nitrogens is 1. The topological polar surface area (TPSA) is 90.8 Å². The monoisotopic (exact) mass is 379 g/mol. The number of carbonyl (C=O) groups excluding carboxylic acids is 2. The van der Waals surface area contributed by atoms with Gasteiger partial charge in [-0.2, -0.15) is 0 Å². The molecule has 2 aliphatic heterocycles. The molecule has 2 aliphatic rings. The number of para-hydroxylation sites is 1. The number of pyridine rings is 1. The summed E-state index contributed by atoms with van der Waals surface area (Å²) in [6.07, 6.45) is 3.55. The lowest BCUT2D eigenvalue weighted by molar-refractivity contribution is -0.165. The Morgan fingerprint density at radius 2 is 2.04 bits per heavy atom. The fraction of sp³-hybridized carbons (Fsp3) is 0.333. The highest BCUT2D eigenvalue weighted by Crippen LogP contribution is 2.34. The van der Waals surface area contributed by atoms with E-state index in [2.05, 4.69) is 4.98 Å². The van der Waals surface area contributed by atoms with Gasteiger partial charge in [0.15, 0.2) is 6.04 Å². The average molecular weight is 379 g/mol. The SMILES string of the molecule is Cc1cc(C[C@H]2C(=O)N(C(=O)N3CCCc4ccccc43)[C@@H]2C(=O)O)ccn1. The molecule has 0 unspecified atom stereocenters. The maximum atomic E-state index is 13.1. The first kappa shape index (κ1) is 18.2. The number of rotatable bonds is 3. The predicted octanol–water partition coefficient (Wildman–Crippen LogP) is 2.42. The van der Waals surface area contributed by atoms with Crippen molar-refractivity contribution < 1.29 is 19.5 Å². The van der Waals surface area contributed by atoms with Gasteiger partial charge in [0.2, 0.25) is 5.91 Å². The van der Waals surface area contributed by atoms with E-state index in [9.17, 15) is 19.5 Å². The first-order valence-electron chi connectivity index (χ1n) is 9.34. The fourth-order valence-corrected chi connectivity index (χ4v) is 4.09. The van der Waals surface area contributed by atoms with E-state index in [-0.39, 0.29) is 6.42 Å². The number of hydrogen-bond acceptors (Lipinski definition) is 4. The number of β-lactam (4-membered cyclic amide) rings is 1. The van der Waals surface area contributed by atoms with Gasteiger partial charge in [0.25, 0.3) is 0 Å². The number of benzene rings is 1. The van der Waals surface area contributed by atoms with Crippen LogP contribution in [0.25, 0.3) is 0 Å². The first-order valence-corrected chi connectivity index (χ1v) is 9.34. The second-order valence-electron chi connectivity index (χ2n) is 7.27. The number of anilines is 1. The van der Waals surface area contributed by atoms with Gasteiger partial charge in [-0.15, -0.1) is 0 Å². The van der Waals surface area contributed by atoms with Crippen LogP contribution in [0.4, 0.5) is 10.5 Å². The number of likely N-dealkylation sites (tertiary alicyclic amines) is 1. The van der Waals surface area contributed by atoms with Crippen molar-refractivity contribution in [1.82, 2.24) is 9.88 Å². The van der Waals surface area contributed by atoms with Crippen LogP contribution in [0.15, 0.2) is 42.6 Å². The summed E-state index contributed by atoms with van der Waals surface area (Å²) in [5.74, 6) is -2.34. The Kier molecular flexibility index (Phi) is 4.58. The number of aliphatic carboxylic acids is 1. The summed E-state index contributed by atoms with van der Waals surface area (Å²) in [6, 6.07) is 9.44. The van der Waals surface area contributed by atoms with Crippen LogP contribution in [-0.4, -0.2) is 45.5 Å². The van der Waals surface area contributed by atoms with Crippen molar-refractivity contribution in [2.24, 2.45) is 5.92 Å². The van der Waals surface area contributed by atoms with Gasteiger partial charge in [-0.05, 0) is 55.5 Å². The van der Waals surface area contributed by atoms with Gasteiger partial charge < -0.3 is 5.11 Å². The number of imide groups is 1. The Morgan fingerprint density at radius 3 is 2.79 bits per heavy atom. The summed E-state index contributed by atoms with van der Waals surface area (Å²) < 4.78 is 0. The highest BCUT2D eigenvalue weighted by Gasteiger charge is 2.55. The van der Waals surface area contributed by atoms with Gasteiger partial charge in [-0.3, -0.25) is 14.7 Å². The van der Waals surface area contributed by atoms with E-state index in [1.165, 1.54) is 4.90 Å². The minimum Gasteiger partial charge on any atom is -0.480 e. The number of nitrogens with zero attached hydrogens (tertiary/aromatic N) is 3. The summed E-state index contributed by atoms with van der Waals surface area (Å²) in [6.45, 7) is 2.31. The van der Waals surface area contributed by atoms with Crippen LogP contribution in [0.1, 0.15) is 23.2 Å². The van der Waals surface area contributed by atoms with Crippen LogP contribution in [0, 0.1) is 12.8 Å². The second-order valence-corrected chi connectivity index (χ2v) is 7.27. The molecule has 3 heterocycles. The van der Waals surface area contributed by atoms with Crippen molar-refractivity contribution in [3.63, 3.8) is 0 Å². The Hall–Kier alpha value is -3.22. The van der Waals surface area contributed by atoms with E-state index in [1.807, 2.05) is 37.3 Å². The van der Waals surface area contributed by atoms with Crippen LogP contribution in [0.5, 0.6) is 0 Å². The Bertz CT molecular complexity index is 958. The lowest BCUT2D eigenvalue weighted by Crippen LogP contribution is -2.69. The first-order chi connectivity index (χ1) is 13.5. The highest BCUT2D eigenvalue weighted by atomic mass is 16.4. The Balaban J connectivity index is 1.58. The zero-order chi connectivity index (χ0) is 19.8. The molecule has 7 heteroatoms. The van der Waals surface area contributed by atoms with E-state index in [1.54, 1.807) is 12.3 Å².